The topological polar surface area (TPSA) is 111 Å². The number of carbonyl (C=O) groups excluding carboxylic acids is 2. The molecule has 0 aliphatic carbocycles. The number of rotatable bonds is 7. The van der Waals surface area contributed by atoms with Crippen LogP contribution < -0.4 is 21.0 Å². The SMILES string of the molecule is CC(=O)NCc1ccc(-c2nc(NC(=O)COc3ccc4ccc(=O)oc4c3)sc2C)s1. The Kier molecular flexibility index (Phi) is 6.33. The second-order valence-corrected chi connectivity index (χ2v) is 9.26. The van der Waals surface area contributed by atoms with Gasteiger partial charge < -0.3 is 14.5 Å². The monoisotopic (exact) mass is 469 g/mol. The number of nitrogens with one attached hydrogen (secondary N) is 2. The predicted molar refractivity (Wildman–Crippen MR) is 124 cm³/mol. The summed E-state index contributed by atoms with van der Waals surface area (Å²) in [6.07, 6.45) is 0. The van der Waals surface area contributed by atoms with E-state index in [2.05, 4.69) is 15.6 Å². The Morgan fingerprint density at radius 2 is 1.94 bits per heavy atom. The molecule has 0 aliphatic heterocycles. The zero-order chi connectivity index (χ0) is 22.7. The summed E-state index contributed by atoms with van der Waals surface area (Å²) in [6.45, 7) is 3.68. The Morgan fingerprint density at radius 3 is 2.75 bits per heavy atom. The third kappa shape index (κ3) is 5.21. The van der Waals surface area contributed by atoms with E-state index in [0.717, 1.165) is 25.7 Å². The van der Waals surface area contributed by atoms with Crippen LogP contribution in [-0.4, -0.2) is 23.4 Å². The third-order valence-electron chi connectivity index (χ3n) is 4.41. The average Bonchev–Trinajstić information content (AvgIpc) is 3.36. The summed E-state index contributed by atoms with van der Waals surface area (Å²) in [5.41, 5.74) is 0.745. The molecule has 0 spiro atoms. The van der Waals surface area contributed by atoms with Crippen molar-refractivity contribution in [1.82, 2.24) is 10.3 Å². The maximum Gasteiger partial charge on any atom is 0.336 e. The molecule has 0 unspecified atom stereocenters. The number of hydrogen-bond acceptors (Lipinski definition) is 8. The molecule has 4 aromatic rings. The Balaban J connectivity index is 1.38. The van der Waals surface area contributed by atoms with Crippen LogP contribution in [0.1, 0.15) is 16.7 Å². The number of benzene rings is 1. The Morgan fingerprint density at radius 1 is 1.12 bits per heavy atom. The molecule has 2 N–H and O–H groups in total. The molecule has 0 aliphatic rings. The van der Waals surface area contributed by atoms with Crippen LogP contribution in [0.25, 0.3) is 21.5 Å². The van der Waals surface area contributed by atoms with Gasteiger partial charge in [-0.3, -0.25) is 14.9 Å². The van der Waals surface area contributed by atoms with Crippen molar-refractivity contribution < 1.29 is 18.7 Å². The van der Waals surface area contributed by atoms with E-state index in [0.29, 0.717) is 23.0 Å². The minimum atomic E-state index is -0.449. The largest absolute Gasteiger partial charge is 0.484 e. The van der Waals surface area contributed by atoms with Crippen LogP contribution in [0.5, 0.6) is 5.75 Å². The highest BCUT2D eigenvalue weighted by Gasteiger charge is 2.14. The second kappa shape index (κ2) is 9.33. The van der Waals surface area contributed by atoms with Gasteiger partial charge in [-0.25, -0.2) is 9.78 Å². The van der Waals surface area contributed by atoms with Gasteiger partial charge in [0.25, 0.3) is 5.91 Å². The summed E-state index contributed by atoms with van der Waals surface area (Å²) in [4.78, 5) is 42.3. The Hall–Kier alpha value is -3.50. The molecule has 4 rings (SSSR count). The average molecular weight is 470 g/mol. The lowest BCUT2D eigenvalue weighted by Gasteiger charge is -2.06. The lowest BCUT2D eigenvalue weighted by atomic mass is 10.2. The van der Waals surface area contributed by atoms with Crippen LogP contribution in [0.2, 0.25) is 0 Å². The molecule has 0 saturated heterocycles. The lowest BCUT2D eigenvalue weighted by molar-refractivity contribution is -0.119. The van der Waals surface area contributed by atoms with Crippen molar-refractivity contribution in [3.8, 4) is 16.3 Å². The fourth-order valence-electron chi connectivity index (χ4n) is 2.93. The van der Waals surface area contributed by atoms with Gasteiger partial charge in [0, 0.05) is 34.2 Å². The van der Waals surface area contributed by atoms with Gasteiger partial charge in [0.2, 0.25) is 5.91 Å². The van der Waals surface area contributed by atoms with Gasteiger partial charge in [0.15, 0.2) is 11.7 Å². The number of amides is 2. The van der Waals surface area contributed by atoms with Crippen LogP contribution >= 0.6 is 22.7 Å². The van der Waals surface area contributed by atoms with Crippen LogP contribution in [0, 0.1) is 6.92 Å². The fourth-order valence-corrected chi connectivity index (χ4v) is 4.83. The maximum absolute atomic E-state index is 12.3. The van der Waals surface area contributed by atoms with Gasteiger partial charge in [0.05, 0.1) is 17.1 Å². The minimum absolute atomic E-state index is 0.0785. The molecule has 3 heterocycles. The first-order valence-corrected chi connectivity index (χ1v) is 11.3. The van der Waals surface area contributed by atoms with Gasteiger partial charge in [-0.1, -0.05) is 0 Å². The summed E-state index contributed by atoms with van der Waals surface area (Å²) < 4.78 is 10.7. The van der Waals surface area contributed by atoms with Crippen molar-refractivity contribution in [2.24, 2.45) is 0 Å². The van der Waals surface area contributed by atoms with Crippen molar-refractivity contribution in [1.29, 1.82) is 0 Å². The number of aromatic nitrogens is 1. The van der Waals surface area contributed by atoms with E-state index in [-0.39, 0.29) is 18.4 Å². The Bertz CT molecular complexity index is 1360. The van der Waals surface area contributed by atoms with Crippen molar-refractivity contribution in [2.45, 2.75) is 20.4 Å². The molecule has 1 aromatic carbocycles. The van der Waals surface area contributed by atoms with Crippen LogP contribution in [-0.2, 0) is 16.1 Å². The van der Waals surface area contributed by atoms with E-state index in [1.54, 1.807) is 35.6 Å². The Labute approximate surface area is 190 Å². The van der Waals surface area contributed by atoms with Gasteiger partial charge in [-0.15, -0.1) is 22.7 Å². The normalized spacial score (nSPS) is 10.8. The first-order valence-electron chi connectivity index (χ1n) is 9.65. The molecule has 0 fully saturated rings. The second-order valence-electron chi connectivity index (χ2n) is 6.89. The number of nitrogens with zero attached hydrogens (tertiary/aromatic N) is 1. The number of aryl methyl sites for hydroxylation is 1. The fraction of sp³-hybridized carbons (Fsp3) is 0.182. The zero-order valence-electron chi connectivity index (χ0n) is 17.3. The van der Waals surface area contributed by atoms with E-state index in [9.17, 15) is 14.4 Å². The summed E-state index contributed by atoms with van der Waals surface area (Å²) >= 11 is 2.92. The summed E-state index contributed by atoms with van der Waals surface area (Å²) in [7, 11) is 0. The molecule has 0 atom stereocenters. The number of fused-ring (bicyclic) bond motifs is 1. The molecule has 0 bridgehead atoms. The quantitative estimate of drug-likeness (QED) is 0.397. The standard InChI is InChI=1S/C22H19N3O5S2/c1-12-21(18-7-6-16(32-18)10-23-13(2)26)25-22(31-12)24-19(27)11-29-15-5-3-14-4-8-20(28)30-17(14)9-15/h3-9H,10-11H2,1-2H3,(H,23,26)(H,24,25,27). The van der Waals surface area contributed by atoms with Crippen LogP contribution in [0.15, 0.2) is 51.7 Å². The lowest BCUT2D eigenvalue weighted by Crippen LogP contribution is -2.20. The third-order valence-corrected chi connectivity index (χ3v) is 6.39. The molecule has 164 valence electrons. The van der Waals surface area contributed by atoms with Gasteiger partial charge in [0.1, 0.15) is 11.3 Å². The van der Waals surface area contributed by atoms with Gasteiger partial charge in [-0.05, 0) is 37.3 Å². The number of hydrogen-bond donors (Lipinski definition) is 2. The molecule has 0 radical (unpaired) electrons. The van der Waals surface area contributed by atoms with Crippen molar-refractivity contribution in [3.05, 3.63) is 62.6 Å². The highest BCUT2D eigenvalue weighted by Crippen LogP contribution is 2.34. The highest BCUT2D eigenvalue weighted by molar-refractivity contribution is 7.18. The number of anilines is 1. The first kappa shape index (κ1) is 21.7. The first-order chi connectivity index (χ1) is 15.4. The maximum atomic E-state index is 12.3. The molecule has 10 heteroatoms. The summed E-state index contributed by atoms with van der Waals surface area (Å²) in [5.74, 6) is -0.00835. The van der Waals surface area contributed by atoms with E-state index < -0.39 is 5.63 Å². The van der Waals surface area contributed by atoms with Crippen molar-refractivity contribution in [3.63, 3.8) is 0 Å². The summed E-state index contributed by atoms with van der Waals surface area (Å²) in [5, 5.41) is 6.77. The van der Waals surface area contributed by atoms with Crippen molar-refractivity contribution >= 4 is 50.6 Å². The van der Waals surface area contributed by atoms with Gasteiger partial charge >= 0.3 is 5.63 Å². The van der Waals surface area contributed by atoms with Gasteiger partial charge in [-0.2, -0.15) is 0 Å². The molecular weight excluding hydrogens is 450 g/mol. The van der Waals surface area contributed by atoms with E-state index in [1.165, 1.54) is 24.3 Å². The van der Waals surface area contributed by atoms with E-state index in [1.807, 2.05) is 19.1 Å². The predicted octanol–water partition coefficient (Wildman–Crippen LogP) is 3.94. The van der Waals surface area contributed by atoms with E-state index >= 15 is 0 Å². The smallest absolute Gasteiger partial charge is 0.336 e. The van der Waals surface area contributed by atoms with Crippen molar-refractivity contribution in [2.75, 3.05) is 11.9 Å². The molecule has 3 aromatic heterocycles. The number of thiophene rings is 1. The van der Waals surface area contributed by atoms with Crippen LogP contribution in [0.3, 0.4) is 0 Å². The molecule has 32 heavy (non-hydrogen) atoms. The molecular formula is C22H19N3O5S2. The molecule has 0 saturated carbocycles. The van der Waals surface area contributed by atoms with Crippen LogP contribution in [0.4, 0.5) is 5.13 Å². The molecule has 8 nitrogen and oxygen atoms in total. The van der Waals surface area contributed by atoms with E-state index in [4.69, 9.17) is 9.15 Å². The molecule has 2 amide bonds. The minimum Gasteiger partial charge on any atom is -0.484 e. The number of thiazole rings is 1. The number of ether oxygens (including phenoxy) is 1. The highest BCUT2D eigenvalue weighted by atomic mass is 32.1. The summed E-state index contributed by atoms with van der Waals surface area (Å²) in [6, 6.07) is 11.9. The zero-order valence-corrected chi connectivity index (χ0v) is 18.9. The number of carbonyl (C=O) groups is 2.